The molecule has 0 aromatic rings. The van der Waals surface area contributed by atoms with Gasteiger partial charge in [0.25, 0.3) is 0 Å². The molecule has 1 aliphatic carbocycles. The molecule has 0 unspecified atom stereocenters. The third-order valence-corrected chi connectivity index (χ3v) is 2.09. The zero-order valence-corrected chi connectivity index (χ0v) is 8.18. The van der Waals surface area contributed by atoms with Gasteiger partial charge in [-0.2, -0.15) is 0 Å². The van der Waals surface area contributed by atoms with Crippen molar-refractivity contribution in [1.29, 1.82) is 0 Å². The highest BCUT2D eigenvalue weighted by atomic mass is 16.1. The minimum Gasteiger partial charge on any atom is -0.352 e. The van der Waals surface area contributed by atoms with Gasteiger partial charge in [0.1, 0.15) is 0 Å². The molecule has 1 aliphatic rings. The summed E-state index contributed by atoms with van der Waals surface area (Å²) in [5, 5.41) is 6.05. The molecule has 0 atom stereocenters. The highest BCUT2D eigenvalue weighted by molar-refractivity contribution is 5.78. The van der Waals surface area contributed by atoms with Crippen molar-refractivity contribution in [3.63, 3.8) is 0 Å². The zero-order chi connectivity index (χ0) is 9.52. The van der Waals surface area contributed by atoms with Crippen LogP contribution >= 0.6 is 0 Å². The number of hydrogen-bond donors (Lipinski definition) is 2. The van der Waals surface area contributed by atoms with Crippen molar-refractivity contribution in [2.24, 2.45) is 0 Å². The first-order valence-corrected chi connectivity index (χ1v) is 4.98. The first-order chi connectivity index (χ1) is 6.33. The first kappa shape index (κ1) is 10.3. The minimum absolute atomic E-state index is 0.113. The van der Waals surface area contributed by atoms with Crippen LogP contribution in [-0.2, 0) is 4.79 Å². The molecule has 74 valence electrons. The Bertz CT molecular complexity index is 181. The molecular weight excluding hydrogens is 164 g/mol. The van der Waals surface area contributed by atoms with E-state index in [1.54, 1.807) is 0 Å². The van der Waals surface area contributed by atoms with Crippen molar-refractivity contribution >= 4 is 5.91 Å². The molecule has 2 N–H and O–H groups in total. The van der Waals surface area contributed by atoms with E-state index in [0.717, 1.165) is 25.8 Å². The zero-order valence-electron chi connectivity index (χ0n) is 8.18. The summed E-state index contributed by atoms with van der Waals surface area (Å²) in [5.41, 5.74) is 0. The number of carbonyl (C=O) groups excluding carboxylic acids is 1. The molecule has 0 spiro atoms. The molecule has 0 aliphatic heterocycles. The minimum atomic E-state index is 0.113. The Morgan fingerprint density at radius 3 is 2.77 bits per heavy atom. The molecule has 3 heteroatoms. The van der Waals surface area contributed by atoms with Gasteiger partial charge in [0.05, 0.1) is 6.54 Å². The molecule has 0 saturated heterocycles. The Balaban J connectivity index is 2.03. The predicted octanol–water partition coefficient (Wildman–Crippen LogP) is 0.821. The van der Waals surface area contributed by atoms with Crippen molar-refractivity contribution in [3.05, 3.63) is 12.2 Å². The van der Waals surface area contributed by atoms with Crippen LogP contribution in [0.25, 0.3) is 0 Å². The van der Waals surface area contributed by atoms with Crippen molar-refractivity contribution in [3.8, 4) is 0 Å². The SMILES string of the molecule is CCCNCC(=O)NC1CC=CC1. The second-order valence-electron chi connectivity index (χ2n) is 3.38. The van der Waals surface area contributed by atoms with E-state index in [4.69, 9.17) is 0 Å². The van der Waals surface area contributed by atoms with E-state index in [2.05, 4.69) is 29.7 Å². The third kappa shape index (κ3) is 4.08. The van der Waals surface area contributed by atoms with E-state index < -0.39 is 0 Å². The quantitative estimate of drug-likeness (QED) is 0.488. The molecular formula is C10H18N2O. The largest absolute Gasteiger partial charge is 0.352 e. The van der Waals surface area contributed by atoms with Crippen LogP contribution in [0.1, 0.15) is 26.2 Å². The fourth-order valence-electron chi connectivity index (χ4n) is 1.39. The molecule has 0 aromatic carbocycles. The third-order valence-electron chi connectivity index (χ3n) is 2.09. The van der Waals surface area contributed by atoms with E-state index in [-0.39, 0.29) is 5.91 Å². The van der Waals surface area contributed by atoms with Gasteiger partial charge in [0, 0.05) is 6.04 Å². The second kappa shape index (κ2) is 5.75. The van der Waals surface area contributed by atoms with Gasteiger partial charge in [-0.3, -0.25) is 4.79 Å². The molecule has 0 saturated carbocycles. The Kier molecular flexibility index (Phi) is 4.54. The normalized spacial score (nSPS) is 16.4. The molecule has 0 aromatic heterocycles. The Morgan fingerprint density at radius 2 is 2.15 bits per heavy atom. The van der Waals surface area contributed by atoms with Gasteiger partial charge in [-0.1, -0.05) is 19.1 Å². The van der Waals surface area contributed by atoms with Crippen LogP contribution in [0.4, 0.5) is 0 Å². The highest BCUT2D eigenvalue weighted by Gasteiger charge is 2.11. The molecule has 0 bridgehead atoms. The average molecular weight is 182 g/mol. The summed E-state index contributed by atoms with van der Waals surface area (Å²) in [6.45, 7) is 3.45. The monoisotopic (exact) mass is 182 g/mol. The van der Waals surface area contributed by atoms with Gasteiger partial charge in [0.2, 0.25) is 5.91 Å². The smallest absolute Gasteiger partial charge is 0.234 e. The van der Waals surface area contributed by atoms with Crippen LogP contribution in [0.2, 0.25) is 0 Å². The number of nitrogens with one attached hydrogen (secondary N) is 2. The maximum absolute atomic E-state index is 11.3. The molecule has 1 rings (SSSR count). The van der Waals surface area contributed by atoms with Gasteiger partial charge < -0.3 is 10.6 Å². The average Bonchev–Trinajstić information content (AvgIpc) is 2.57. The van der Waals surface area contributed by atoms with Crippen LogP contribution in [0.5, 0.6) is 0 Å². The maximum atomic E-state index is 11.3. The Hall–Kier alpha value is -0.830. The molecule has 0 fully saturated rings. The van der Waals surface area contributed by atoms with E-state index in [0.29, 0.717) is 12.6 Å². The lowest BCUT2D eigenvalue weighted by atomic mass is 10.2. The highest BCUT2D eigenvalue weighted by Crippen LogP contribution is 2.08. The summed E-state index contributed by atoms with van der Waals surface area (Å²) in [6.07, 6.45) is 7.27. The number of carbonyl (C=O) groups is 1. The lowest BCUT2D eigenvalue weighted by Crippen LogP contribution is -2.39. The van der Waals surface area contributed by atoms with Gasteiger partial charge in [-0.25, -0.2) is 0 Å². The Labute approximate surface area is 79.6 Å². The van der Waals surface area contributed by atoms with Crippen LogP contribution < -0.4 is 10.6 Å². The van der Waals surface area contributed by atoms with Crippen LogP contribution in [0.15, 0.2) is 12.2 Å². The molecule has 1 amide bonds. The van der Waals surface area contributed by atoms with Gasteiger partial charge in [-0.15, -0.1) is 0 Å². The Morgan fingerprint density at radius 1 is 1.46 bits per heavy atom. The number of hydrogen-bond acceptors (Lipinski definition) is 2. The second-order valence-corrected chi connectivity index (χ2v) is 3.38. The van der Waals surface area contributed by atoms with Crippen LogP contribution in [-0.4, -0.2) is 25.0 Å². The molecule has 0 heterocycles. The predicted molar refractivity (Wildman–Crippen MR) is 53.5 cm³/mol. The summed E-state index contributed by atoms with van der Waals surface area (Å²) in [4.78, 5) is 11.3. The summed E-state index contributed by atoms with van der Waals surface area (Å²) in [7, 11) is 0. The first-order valence-electron chi connectivity index (χ1n) is 4.98. The standard InChI is InChI=1S/C10H18N2O/c1-2-7-11-8-10(13)12-9-5-3-4-6-9/h3-4,9,11H,2,5-8H2,1H3,(H,12,13). The summed E-state index contributed by atoms with van der Waals surface area (Å²) < 4.78 is 0. The fourth-order valence-corrected chi connectivity index (χ4v) is 1.39. The topological polar surface area (TPSA) is 41.1 Å². The van der Waals surface area contributed by atoms with Gasteiger partial charge in [0.15, 0.2) is 0 Å². The fraction of sp³-hybridized carbons (Fsp3) is 0.700. The van der Waals surface area contributed by atoms with Gasteiger partial charge in [-0.05, 0) is 25.8 Å². The van der Waals surface area contributed by atoms with E-state index >= 15 is 0 Å². The lowest BCUT2D eigenvalue weighted by Gasteiger charge is -2.11. The van der Waals surface area contributed by atoms with E-state index in [1.807, 2.05) is 0 Å². The van der Waals surface area contributed by atoms with Crippen molar-refractivity contribution in [1.82, 2.24) is 10.6 Å². The lowest BCUT2D eigenvalue weighted by molar-refractivity contribution is -0.120. The van der Waals surface area contributed by atoms with Crippen molar-refractivity contribution in [2.75, 3.05) is 13.1 Å². The summed E-state index contributed by atoms with van der Waals surface area (Å²) in [5.74, 6) is 0.113. The van der Waals surface area contributed by atoms with Crippen LogP contribution in [0, 0.1) is 0 Å². The molecule has 3 nitrogen and oxygen atoms in total. The van der Waals surface area contributed by atoms with Crippen molar-refractivity contribution in [2.45, 2.75) is 32.2 Å². The molecule has 0 radical (unpaired) electrons. The number of rotatable bonds is 5. The van der Waals surface area contributed by atoms with Crippen LogP contribution in [0.3, 0.4) is 0 Å². The summed E-state index contributed by atoms with van der Waals surface area (Å²) >= 11 is 0. The van der Waals surface area contributed by atoms with Crippen molar-refractivity contribution < 1.29 is 4.79 Å². The summed E-state index contributed by atoms with van der Waals surface area (Å²) in [6, 6.07) is 0.343. The maximum Gasteiger partial charge on any atom is 0.234 e. The van der Waals surface area contributed by atoms with Gasteiger partial charge >= 0.3 is 0 Å². The van der Waals surface area contributed by atoms with E-state index in [9.17, 15) is 4.79 Å². The van der Waals surface area contributed by atoms with E-state index in [1.165, 1.54) is 0 Å². The number of amides is 1. The molecule has 13 heavy (non-hydrogen) atoms.